The fraction of sp³-hybridized carbons (Fsp3) is 0.350. The molecule has 2 aromatic heterocycles. The summed E-state index contributed by atoms with van der Waals surface area (Å²) in [5, 5.41) is 4.66. The first kappa shape index (κ1) is 17.1. The van der Waals surface area contributed by atoms with Gasteiger partial charge in [-0.05, 0) is 36.6 Å². The van der Waals surface area contributed by atoms with E-state index in [1.54, 1.807) is 6.20 Å². The molecule has 1 saturated heterocycles. The Kier molecular flexibility index (Phi) is 4.83. The number of hydrogen-bond donors (Lipinski definition) is 1. The van der Waals surface area contributed by atoms with Gasteiger partial charge in [0.1, 0.15) is 11.7 Å². The zero-order valence-corrected chi connectivity index (χ0v) is 14.9. The second-order valence-corrected chi connectivity index (χ2v) is 5.88. The number of benzene rings is 1. The molecule has 0 aliphatic carbocycles. The molecule has 1 aliphatic heterocycles. The molecule has 1 aromatic carbocycles. The van der Waals surface area contributed by atoms with Gasteiger partial charge < -0.3 is 4.57 Å². The third-order valence-electron chi connectivity index (χ3n) is 4.58. The van der Waals surface area contributed by atoms with Crippen molar-refractivity contribution in [2.45, 2.75) is 46.1 Å². The standard InChI is InChI=1S/C18H17N3O2.C2H6/c1-2-11-5-3-7-13-16(11)12-6-4-10-19-17(12)21(13)14-8-9-15(22)20-18(14)23;1-2/h3-7,10,14H,2,8-9H2,1H3,(H,20,22,23);1-2H3. The highest BCUT2D eigenvalue weighted by molar-refractivity contribution is 6.10. The van der Waals surface area contributed by atoms with E-state index in [2.05, 4.69) is 23.3 Å². The minimum atomic E-state index is -0.394. The SMILES string of the molecule is CC.CCc1cccc2c1c1cccnc1n2C1CCC(=O)NC1=O. The molecule has 130 valence electrons. The van der Waals surface area contributed by atoms with Crippen molar-refractivity contribution in [3.05, 3.63) is 42.1 Å². The van der Waals surface area contributed by atoms with Crippen LogP contribution in [0.3, 0.4) is 0 Å². The summed E-state index contributed by atoms with van der Waals surface area (Å²) in [6.07, 6.45) is 3.53. The molecule has 0 saturated carbocycles. The van der Waals surface area contributed by atoms with Crippen LogP contribution in [-0.2, 0) is 16.0 Å². The average molecular weight is 337 g/mol. The summed E-state index contributed by atoms with van der Waals surface area (Å²) in [4.78, 5) is 28.3. The van der Waals surface area contributed by atoms with Crippen LogP contribution in [0.4, 0.5) is 0 Å². The van der Waals surface area contributed by atoms with E-state index in [9.17, 15) is 9.59 Å². The highest BCUT2D eigenvalue weighted by atomic mass is 16.2. The summed E-state index contributed by atoms with van der Waals surface area (Å²) in [5.74, 6) is -0.443. The quantitative estimate of drug-likeness (QED) is 0.724. The molecule has 3 aromatic rings. The van der Waals surface area contributed by atoms with Crippen LogP contribution in [0.1, 0.15) is 45.2 Å². The summed E-state index contributed by atoms with van der Waals surface area (Å²) in [6.45, 7) is 6.13. The van der Waals surface area contributed by atoms with Crippen LogP contribution in [0.2, 0.25) is 0 Å². The van der Waals surface area contributed by atoms with Crippen LogP contribution in [-0.4, -0.2) is 21.4 Å². The van der Waals surface area contributed by atoms with E-state index in [0.29, 0.717) is 12.8 Å². The smallest absolute Gasteiger partial charge is 0.249 e. The molecule has 3 heterocycles. The van der Waals surface area contributed by atoms with Crippen molar-refractivity contribution < 1.29 is 9.59 Å². The maximum absolute atomic E-state index is 12.4. The van der Waals surface area contributed by atoms with Crippen molar-refractivity contribution in [2.75, 3.05) is 0 Å². The van der Waals surface area contributed by atoms with Crippen molar-refractivity contribution in [2.24, 2.45) is 0 Å². The van der Waals surface area contributed by atoms with Gasteiger partial charge in [-0.1, -0.05) is 32.9 Å². The highest BCUT2D eigenvalue weighted by Gasteiger charge is 2.31. The predicted octanol–water partition coefficient (Wildman–Crippen LogP) is 3.76. The lowest BCUT2D eigenvalue weighted by atomic mass is 10.0. The summed E-state index contributed by atoms with van der Waals surface area (Å²) in [7, 11) is 0. The molecular formula is C20H23N3O2. The number of aryl methyl sites for hydroxylation is 1. The summed E-state index contributed by atoms with van der Waals surface area (Å²) in [5.41, 5.74) is 3.05. The van der Waals surface area contributed by atoms with Gasteiger partial charge in [0.25, 0.3) is 0 Å². The molecule has 4 rings (SSSR count). The number of hydrogen-bond acceptors (Lipinski definition) is 3. The van der Waals surface area contributed by atoms with Gasteiger partial charge in [0.05, 0.1) is 5.52 Å². The van der Waals surface area contributed by atoms with Crippen LogP contribution in [0.25, 0.3) is 21.9 Å². The number of nitrogens with zero attached hydrogens (tertiary/aromatic N) is 2. The lowest BCUT2D eigenvalue weighted by molar-refractivity contribution is -0.135. The van der Waals surface area contributed by atoms with E-state index in [1.807, 2.05) is 42.7 Å². The van der Waals surface area contributed by atoms with Crippen LogP contribution in [0.15, 0.2) is 36.5 Å². The number of piperidine rings is 1. The number of amides is 2. The van der Waals surface area contributed by atoms with Crippen molar-refractivity contribution in [1.82, 2.24) is 14.9 Å². The van der Waals surface area contributed by atoms with E-state index in [1.165, 1.54) is 5.56 Å². The number of rotatable bonds is 2. The molecule has 2 amide bonds. The van der Waals surface area contributed by atoms with Gasteiger partial charge in [-0.25, -0.2) is 4.98 Å². The van der Waals surface area contributed by atoms with Gasteiger partial charge in [0, 0.05) is 23.4 Å². The van der Waals surface area contributed by atoms with E-state index in [0.717, 1.165) is 28.4 Å². The summed E-state index contributed by atoms with van der Waals surface area (Å²) < 4.78 is 1.99. The second-order valence-electron chi connectivity index (χ2n) is 5.88. The predicted molar refractivity (Wildman–Crippen MR) is 99.4 cm³/mol. The Bertz CT molecular complexity index is 943. The zero-order valence-electron chi connectivity index (χ0n) is 14.9. The Morgan fingerprint density at radius 1 is 1.20 bits per heavy atom. The van der Waals surface area contributed by atoms with Crippen molar-refractivity contribution in [3.63, 3.8) is 0 Å². The summed E-state index contributed by atoms with van der Waals surface area (Å²) in [6, 6.07) is 9.73. The summed E-state index contributed by atoms with van der Waals surface area (Å²) >= 11 is 0. The molecular weight excluding hydrogens is 314 g/mol. The van der Waals surface area contributed by atoms with Crippen LogP contribution >= 0.6 is 0 Å². The Hall–Kier alpha value is -2.69. The molecule has 0 bridgehead atoms. The van der Waals surface area contributed by atoms with Crippen molar-refractivity contribution in [3.8, 4) is 0 Å². The maximum atomic E-state index is 12.4. The fourth-order valence-corrected chi connectivity index (χ4v) is 3.54. The number of pyridine rings is 1. The number of nitrogens with one attached hydrogen (secondary N) is 1. The van der Waals surface area contributed by atoms with E-state index in [-0.39, 0.29) is 11.8 Å². The van der Waals surface area contributed by atoms with Crippen LogP contribution < -0.4 is 5.32 Å². The molecule has 1 atom stereocenters. The average Bonchev–Trinajstić information content (AvgIpc) is 2.98. The molecule has 1 fully saturated rings. The number of imide groups is 1. The molecule has 0 spiro atoms. The fourth-order valence-electron chi connectivity index (χ4n) is 3.54. The Balaban J connectivity index is 0.000000880. The first-order chi connectivity index (χ1) is 12.2. The Morgan fingerprint density at radius 2 is 2.00 bits per heavy atom. The van der Waals surface area contributed by atoms with E-state index in [4.69, 9.17) is 0 Å². The number of fused-ring (bicyclic) bond motifs is 3. The maximum Gasteiger partial charge on any atom is 0.249 e. The molecule has 1 aliphatic rings. The third-order valence-corrected chi connectivity index (χ3v) is 4.58. The van der Waals surface area contributed by atoms with Gasteiger partial charge in [0.2, 0.25) is 11.8 Å². The minimum absolute atomic E-state index is 0.200. The lowest BCUT2D eigenvalue weighted by Gasteiger charge is -2.23. The third kappa shape index (κ3) is 2.80. The normalized spacial score (nSPS) is 17.3. The Morgan fingerprint density at radius 3 is 2.72 bits per heavy atom. The van der Waals surface area contributed by atoms with E-state index >= 15 is 0 Å². The number of aromatic nitrogens is 2. The van der Waals surface area contributed by atoms with Gasteiger partial charge in [-0.3, -0.25) is 14.9 Å². The van der Waals surface area contributed by atoms with E-state index < -0.39 is 6.04 Å². The molecule has 25 heavy (non-hydrogen) atoms. The van der Waals surface area contributed by atoms with Crippen molar-refractivity contribution >= 4 is 33.8 Å². The lowest BCUT2D eigenvalue weighted by Crippen LogP contribution is -2.41. The molecule has 5 nitrogen and oxygen atoms in total. The van der Waals surface area contributed by atoms with Gasteiger partial charge in [-0.15, -0.1) is 0 Å². The topological polar surface area (TPSA) is 64.0 Å². The minimum Gasteiger partial charge on any atom is -0.313 e. The van der Waals surface area contributed by atoms with Gasteiger partial charge >= 0.3 is 0 Å². The Labute approximate surface area is 147 Å². The number of carbonyl (C=O) groups is 2. The first-order valence-electron chi connectivity index (χ1n) is 8.91. The molecule has 0 radical (unpaired) electrons. The highest BCUT2D eigenvalue weighted by Crippen LogP contribution is 2.35. The first-order valence-corrected chi connectivity index (χ1v) is 8.91. The van der Waals surface area contributed by atoms with Crippen LogP contribution in [0, 0.1) is 0 Å². The molecule has 1 N–H and O–H groups in total. The van der Waals surface area contributed by atoms with Crippen LogP contribution in [0.5, 0.6) is 0 Å². The largest absolute Gasteiger partial charge is 0.313 e. The zero-order chi connectivity index (χ0) is 18.0. The molecule has 1 unspecified atom stereocenters. The molecule has 5 heteroatoms. The van der Waals surface area contributed by atoms with Gasteiger partial charge in [-0.2, -0.15) is 0 Å². The van der Waals surface area contributed by atoms with Gasteiger partial charge in [0.15, 0.2) is 0 Å². The number of carbonyl (C=O) groups excluding carboxylic acids is 2. The van der Waals surface area contributed by atoms with Crippen molar-refractivity contribution in [1.29, 1.82) is 0 Å². The second kappa shape index (κ2) is 7.05. The monoisotopic (exact) mass is 337 g/mol.